The Balaban J connectivity index is 1.51. The number of hydrogen-bond acceptors (Lipinski definition) is 3. The quantitative estimate of drug-likeness (QED) is 0.740. The van der Waals surface area contributed by atoms with E-state index in [9.17, 15) is 9.59 Å². The molecule has 4 rings (SSSR count). The van der Waals surface area contributed by atoms with Crippen molar-refractivity contribution in [3.63, 3.8) is 0 Å². The molecule has 0 aliphatic carbocycles. The molecule has 1 aromatic heterocycles. The van der Waals surface area contributed by atoms with Gasteiger partial charge in [-0.2, -0.15) is 0 Å². The number of likely N-dealkylation sites (tertiary alicyclic amines) is 1. The Morgan fingerprint density at radius 2 is 1.92 bits per heavy atom. The summed E-state index contributed by atoms with van der Waals surface area (Å²) in [5.41, 5.74) is 8.06. The van der Waals surface area contributed by atoms with Gasteiger partial charge in [-0.1, -0.05) is 23.7 Å². The van der Waals surface area contributed by atoms with Crippen LogP contribution in [0.15, 0.2) is 48.8 Å². The van der Waals surface area contributed by atoms with Crippen LogP contribution in [0, 0.1) is 5.41 Å². The number of nitrogens with two attached hydrogens (primary N) is 1. The third-order valence-electron chi connectivity index (χ3n) is 4.92. The summed E-state index contributed by atoms with van der Waals surface area (Å²) in [6, 6.07) is 12.6. The van der Waals surface area contributed by atoms with Gasteiger partial charge in [-0.15, -0.1) is 0 Å². The molecule has 1 aliphatic heterocycles. The molecule has 1 aliphatic rings. The molecule has 0 bridgehead atoms. The first-order valence-corrected chi connectivity index (χ1v) is 8.61. The largest absolute Gasteiger partial charge is 0.369 e. The van der Waals surface area contributed by atoms with E-state index in [-0.39, 0.29) is 11.8 Å². The average molecular weight is 369 g/mol. The van der Waals surface area contributed by atoms with Crippen LogP contribution < -0.4 is 5.73 Å². The maximum atomic E-state index is 12.7. The minimum Gasteiger partial charge on any atom is -0.369 e. The smallest absolute Gasteiger partial charge is 0.253 e. The molecule has 26 heavy (non-hydrogen) atoms. The SMILES string of the molecule is NC(=O)C1(Cc2ccc(Cl)cc2)CN(C(=O)c2ccc3nc[nH]c3c2)C1. The number of aromatic amines is 1. The van der Waals surface area contributed by atoms with Gasteiger partial charge in [0, 0.05) is 23.7 Å². The molecule has 0 atom stereocenters. The standard InChI is InChI=1S/C19H17ClN4O2/c20-14-4-1-12(2-5-14)8-19(18(21)26)9-24(10-19)17(25)13-3-6-15-16(7-13)23-11-22-15/h1-7,11H,8-10H2,(H2,21,26)(H,22,23). The summed E-state index contributed by atoms with van der Waals surface area (Å²) in [4.78, 5) is 33.6. The molecule has 3 N–H and O–H groups in total. The zero-order valence-electron chi connectivity index (χ0n) is 13.9. The van der Waals surface area contributed by atoms with Gasteiger partial charge >= 0.3 is 0 Å². The highest BCUT2D eigenvalue weighted by molar-refractivity contribution is 6.30. The Kier molecular flexibility index (Phi) is 3.92. The lowest BCUT2D eigenvalue weighted by molar-refractivity contribution is -0.135. The average Bonchev–Trinajstić information content (AvgIpc) is 3.06. The summed E-state index contributed by atoms with van der Waals surface area (Å²) in [5, 5.41) is 0.640. The van der Waals surface area contributed by atoms with E-state index in [1.165, 1.54) is 0 Å². The van der Waals surface area contributed by atoms with Gasteiger partial charge in [0.1, 0.15) is 0 Å². The molecule has 2 amide bonds. The van der Waals surface area contributed by atoms with Gasteiger partial charge in [0.25, 0.3) is 5.91 Å². The maximum Gasteiger partial charge on any atom is 0.253 e. The van der Waals surface area contributed by atoms with Crippen LogP contribution in [-0.4, -0.2) is 39.8 Å². The fourth-order valence-electron chi connectivity index (χ4n) is 3.43. The molecule has 1 saturated heterocycles. The zero-order chi connectivity index (χ0) is 18.3. The number of halogens is 1. The molecule has 7 heteroatoms. The van der Waals surface area contributed by atoms with Gasteiger partial charge in [0.2, 0.25) is 5.91 Å². The Morgan fingerprint density at radius 3 is 2.62 bits per heavy atom. The van der Waals surface area contributed by atoms with E-state index >= 15 is 0 Å². The molecule has 0 spiro atoms. The van der Waals surface area contributed by atoms with Crippen LogP contribution in [0.3, 0.4) is 0 Å². The highest BCUT2D eigenvalue weighted by Crippen LogP contribution is 2.35. The molecular formula is C19H17ClN4O2. The van der Waals surface area contributed by atoms with E-state index in [0.717, 1.165) is 16.6 Å². The summed E-state index contributed by atoms with van der Waals surface area (Å²) in [5.74, 6) is -0.505. The van der Waals surface area contributed by atoms with Crippen molar-refractivity contribution in [2.24, 2.45) is 11.1 Å². The predicted molar refractivity (Wildman–Crippen MR) is 98.8 cm³/mol. The van der Waals surface area contributed by atoms with E-state index in [4.69, 9.17) is 17.3 Å². The van der Waals surface area contributed by atoms with Crippen molar-refractivity contribution >= 4 is 34.4 Å². The molecule has 2 aromatic carbocycles. The molecule has 0 radical (unpaired) electrons. The number of benzene rings is 2. The number of fused-ring (bicyclic) bond motifs is 1. The van der Waals surface area contributed by atoms with Crippen LogP contribution in [0.2, 0.25) is 5.02 Å². The van der Waals surface area contributed by atoms with Crippen molar-refractivity contribution in [2.75, 3.05) is 13.1 Å². The number of carbonyl (C=O) groups is 2. The molecule has 6 nitrogen and oxygen atoms in total. The van der Waals surface area contributed by atoms with Crippen LogP contribution in [0.4, 0.5) is 0 Å². The highest BCUT2D eigenvalue weighted by atomic mass is 35.5. The molecule has 0 unspecified atom stereocenters. The highest BCUT2D eigenvalue weighted by Gasteiger charge is 2.49. The monoisotopic (exact) mass is 368 g/mol. The van der Waals surface area contributed by atoms with Crippen LogP contribution >= 0.6 is 11.6 Å². The maximum absolute atomic E-state index is 12.7. The van der Waals surface area contributed by atoms with Gasteiger partial charge in [-0.3, -0.25) is 9.59 Å². The van der Waals surface area contributed by atoms with Crippen molar-refractivity contribution in [3.8, 4) is 0 Å². The number of amides is 2. The normalized spacial score (nSPS) is 15.7. The number of primary amides is 1. The van der Waals surface area contributed by atoms with E-state index < -0.39 is 5.41 Å². The summed E-state index contributed by atoms with van der Waals surface area (Å²) < 4.78 is 0. The summed E-state index contributed by atoms with van der Waals surface area (Å²) in [6.45, 7) is 0.621. The molecule has 3 aromatic rings. The summed E-state index contributed by atoms with van der Waals surface area (Å²) in [7, 11) is 0. The molecular weight excluding hydrogens is 352 g/mol. The van der Waals surface area contributed by atoms with Crippen LogP contribution in [-0.2, 0) is 11.2 Å². The molecule has 0 saturated carbocycles. The lowest BCUT2D eigenvalue weighted by Crippen LogP contribution is -2.64. The second-order valence-electron chi connectivity index (χ2n) is 6.74. The number of aromatic nitrogens is 2. The number of imidazole rings is 1. The topological polar surface area (TPSA) is 92.1 Å². The van der Waals surface area contributed by atoms with Gasteiger partial charge in [-0.25, -0.2) is 4.98 Å². The second-order valence-corrected chi connectivity index (χ2v) is 7.18. The first-order valence-electron chi connectivity index (χ1n) is 8.24. The van der Waals surface area contributed by atoms with Crippen molar-refractivity contribution < 1.29 is 9.59 Å². The lowest BCUT2D eigenvalue weighted by atomic mass is 9.74. The summed E-state index contributed by atoms with van der Waals surface area (Å²) >= 11 is 5.91. The number of hydrogen-bond donors (Lipinski definition) is 2. The van der Waals surface area contributed by atoms with E-state index in [1.807, 2.05) is 12.1 Å². The fourth-order valence-corrected chi connectivity index (χ4v) is 3.55. The number of carbonyl (C=O) groups excluding carboxylic acids is 2. The Bertz CT molecular complexity index is 990. The molecule has 2 heterocycles. The Morgan fingerprint density at radius 1 is 1.19 bits per heavy atom. The van der Waals surface area contributed by atoms with E-state index in [0.29, 0.717) is 30.1 Å². The fraction of sp³-hybridized carbons (Fsp3) is 0.211. The van der Waals surface area contributed by atoms with Crippen molar-refractivity contribution in [3.05, 3.63) is 64.9 Å². The first kappa shape index (κ1) is 16.6. The first-order chi connectivity index (χ1) is 12.5. The van der Waals surface area contributed by atoms with Gasteiger partial charge in [0.05, 0.1) is 22.8 Å². The van der Waals surface area contributed by atoms with Crippen LogP contribution in [0.25, 0.3) is 11.0 Å². The third kappa shape index (κ3) is 2.82. The lowest BCUT2D eigenvalue weighted by Gasteiger charge is -2.48. The van der Waals surface area contributed by atoms with Crippen LogP contribution in [0.1, 0.15) is 15.9 Å². The Labute approximate surface area is 155 Å². The van der Waals surface area contributed by atoms with E-state index in [2.05, 4.69) is 9.97 Å². The van der Waals surface area contributed by atoms with Crippen molar-refractivity contribution in [1.82, 2.24) is 14.9 Å². The number of nitrogens with one attached hydrogen (secondary N) is 1. The van der Waals surface area contributed by atoms with Crippen molar-refractivity contribution in [2.45, 2.75) is 6.42 Å². The predicted octanol–water partition coefficient (Wildman–Crippen LogP) is 2.39. The van der Waals surface area contributed by atoms with Crippen LogP contribution in [0.5, 0.6) is 0 Å². The minimum absolute atomic E-state index is 0.116. The zero-order valence-corrected chi connectivity index (χ0v) is 14.7. The van der Waals surface area contributed by atoms with E-state index in [1.54, 1.807) is 41.6 Å². The van der Waals surface area contributed by atoms with Crippen molar-refractivity contribution in [1.29, 1.82) is 0 Å². The summed E-state index contributed by atoms with van der Waals surface area (Å²) in [6.07, 6.45) is 2.08. The molecule has 132 valence electrons. The Hall–Kier alpha value is -2.86. The minimum atomic E-state index is -0.735. The molecule has 1 fully saturated rings. The number of nitrogens with zero attached hydrogens (tertiary/aromatic N) is 2. The van der Waals surface area contributed by atoms with Gasteiger partial charge in [-0.05, 0) is 42.3 Å². The van der Waals surface area contributed by atoms with Gasteiger partial charge in [0.15, 0.2) is 0 Å². The number of H-pyrrole nitrogens is 1. The van der Waals surface area contributed by atoms with Gasteiger partial charge < -0.3 is 15.6 Å². The second kappa shape index (κ2) is 6.14. The third-order valence-corrected chi connectivity index (χ3v) is 5.17. The number of rotatable bonds is 4.